The van der Waals surface area contributed by atoms with Crippen LogP contribution in [0, 0.1) is 44.3 Å². The van der Waals surface area contributed by atoms with Gasteiger partial charge in [-0.3, -0.25) is 19.2 Å². The van der Waals surface area contributed by atoms with Crippen LogP contribution in [0.4, 0.5) is 54.0 Å². The van der Waals surface area contributed by atoms with Crippen LogP contribution in [0.2, 0.25) is 0 Å². The quantitative estimate of drug-likeness (QED) is 0.0128. The van der Waals surface area contributed by atoms with Crippen molar-refractivity contribution in [2.45, 2.75) is 45.7 Å². The number of halogens is 8. The maximum Gasteiger partial charge on any atom is 0.256 e. The molecule has 32 heteroatoms. The lowest BCUT2D eigenvalue weighted by Crippen LogP contribution is -2.19. The number of hydrogen-bond acceptors (Lipinski definition) is 20. The van der Waals surface area contributed by atoms with E-state index in [1.807, 2.05) is 156 Å². The van der Waals surface area contributed by atoms with Crippen LogP contribution in [0.3, 0.4) is 0 Å². The third-order valence-corrected chi connectivity index (χ3v) is 22.4. The van der Waals surface area contributed by atoms with E-state index in [0.29, 0.717) is 78.6 Å². The Bertz CT molecular complexity index is 6310. The first-order valence-corrected chi connectivity index (χ1v) is 41.7. The van der Waals surface area contributed by atoms with Crippen LogP contribution in [0.5, 0.6) is 0 Å². The Labute approximate surface area is 727 Å². The lowest BCUT2D eigenvalue weighted by atomic mass is 10.1. The molecule has 8 aromatic carbocycles. The van der Waals surface area contributed by atoms with Gasteiger partial charge in [0.1, 0.15) is 22.8 Å². The maximum absolute atomic E-state index is 14.0. The molecule has 20 nitrogen and oxygen atoms in total. The summed E-state index contributed by atoms with van der Waals surface area (Å²) in [6, 6.07) is 64.4. The van der Waals surface area contributed by atoms with Crippen LogP contribution in [-0.4, -0.2) is 83.9 Å². The summed E-state index contributed by atoms with van der Waals surface area (Å²) < 4.78 is 95.7. The Hall–Kier alpha value is -13.2. The van der Waals surface area contributed by atoms with Crippen molar-refractivity contribution >= 4 is 115 Å². The highest BCUT2D eigenvalue weighted by atomic mass is 127. The number of nitrogens with one attached hydrogen (secondary N) is 4. The normalized spacial score (nSPS) is 10.8. The van der Waals surface area contributed by atoms with E-state index >= 15 is 0 Å². The number of aliphatic hydroxyl groups is 4. The van der Waals surface area contributed by atoms with Gasteiger partial charge in [-0.2, -0.15) is 0 Å². The fourth-order valence-corrected chi connectivity index (χ4v) is 15.0. The first-order valence-electron chi connectivity index (χ1n) is 37.1. The van der Waals surface area contributed by atoms with Crippen LogP contribution in [0.1, 0.15) is 49.3 Å². The van der Waals surface area contributed by atoms with Crippen molar-refractivity contribution in [3.05, 3.63) is 353 Å². The zero-order valence-electron chi connectivity index (χ0n) is 64.0. The molecule has 0 radical (unpaired) electrons. The fourth-order valence-electron chi connectivity index (χ4n) is 11.8. The van der Waals surface area contributed by atoms with Crippen LogP contribution >= 0.6 is 67.9 Å². The minimum absolute atomic E-state index is 0.00205. The monoisotopic (exact) mass is 1840 g/mol. The molecule has 618 valence electrons. The molecular formula is C91H66F7IN12O8S4. The molecule has 0 saturated carbocycles. The number of aliphatic hydroxyl groups excluding tert-OH is 4. The van der Waals surface area contributed by atoms with Crippen LogP contribution in [-0.2, 0) is 60.1 Å². The van der Waals surface area contributed by atoms with Gasteiger partial charge >= 0.3 is 0 Å². The SMILES string of the molecule is O=C(Cc1c(F)c(F)c(F)c(F)c1F)Nc1ncc(-c2ccc(CO)cc2)nc1-c1cccs1.O=C(Cc1ccc(F)c(F)c1)Nc1ncc(-c2ccc(CO)cc2)nc1-c1cccs1.O=C(Cc1ccc(I)cc1)Nc1ncc(-c2ccc(CO)cc2)nc1-c1cccs1.O=C(Nc1ncc(-c2ccc(CO)cc2)nc1-c1cccs1)c1ccccc1. The topological polar surface area (TPSA) is 300 Å². The molecule has 0 atom stereocenters. The highest BCUT2D eigenvalue weighted by Gasteiger charge is 2.29. The molecule has 4 amide bonds. The summed E-state index contributed by atoms with van der Waals surface area (Å²) in [4.78, 5) is 89.8. The van der Waals surface area contributed by atoms with Crippen molar-refractivity contribution in [1.82, 2.24) is 39.9 Å². The first kappa shape index (κ1) is 87.7. The zero-order chi connectivity index (χ0) is 86.5. The molecule has 0 spiro atoms. The van der Waals surface area contributed by atoms with Gasteiger partial charge in [0, 0.05) is 37.0 Å². The van der Waals surface area contributed by atoms with Gasteiger partial charge < -0.3 is 41.7 Å². The maximum atomic E-state index is 14.0. The molecule has 0 aliphatic rings. The van der Waals surface area contributed by atoms with E-state index < -0.39 is 64.5 Å². The molecule has 16 rings (SSSR count). The largest absolute Gasteiger partial charge is 0.392 e. The smallest absolute Gasteiger partial charge is 0.256 e. The van der Waals surface area contributed by atoms with Crippen molar-refractivity contribution in [2.24, 2.45) is 0 Å². The van der Waals surface area contributed by atoms with Gasteiger partial charge in [-0.05, 0) is 138 Å². The number of aromatic nitrogens is 8. The van der Waals surface area contributed by atoms with Gasteiger partial charge in [-0.25, -0.2) is 70.6 Å². The Morgan fingerprint density at radius 3 is 0.935 bits per heavy atom. The fraction of sp³-hybridized carbons (Fsp3) is 0.0769. The number of amides is 4. The Kier molecular flexibility index (Phi) is 29.8. The van der Waals surface area contributed by atoms with Crippen molar-refractivity contribution in [1.29, 1.82) is 0 Å². The predicted molar refractivity (Wildman–Crippen MR) is 470 cm³/mol. The minimum Gasteiger partial charge on any atom is -0.392 e. The third-order valence-electron chi connectivity index (χ3n) is 18.1. The zero-order valence-corrected chi connectivity index (χ0v) is 69.4. The number of rotatable bonds is 23. The lowest BCUT2D eigenvalue weighted by molar-refractivity contribution is -0.116. The summed E-state index contributed by atoms with van der Waals surface area (Å²) in [6.45, 7) is -0.176. The summed E-state index contributed by atoms with van der Waals surface area (Å²) in [7, 11) is 0. The number of benzene rings is 8. The average Bonchev–Trinajstić information content (AvgIpc) is 1.80. The number of carbonyl (C=O) groups is 4. The molecule has 0 aliphatic carbocycles. The van der Waals surface area contributed by atoms with Gasteiger partial charge in [-0.15, -0.1) is 45.3 Å². The third kappa shape index (κ3) is 22.7. The highest BCUT2D eigenvalue weighted by Crippen LogP contribution is 2.37. The van der Waals surface area contributed by atoms with Crippen molar-refractivity contribution in [3.63, 3.8) is 0 Å². The van der Waals surface area contributed by atoms with Gasteiger partial charge in [0.05, 0.1) is 113 Å². The van der Waals surface area contributed by atoms with E-state index in [9.17, 15) is 70.3 Å². The molecule has 8 heterocycles. The van der Waals surface area contributed by atoms with Crippen molar-refractivity contribution in [2.75, 3.05) is 21.3 Å². The molecular weight excluding hydrogens is 1780 g/mol. The second kappa shape index (κ2) is 41.9. The molecule has 0 fully saturated rings. The van der Waals surface area contributed by atoms with Crippen LogP contribution < -0.4 is 21.3 Å². The molecule has 8 N–H and O–H groups in total. The summed E-state index contributed by atoms with van der Waals surface area (Å²) >= 11 is 8.07. The van der Waals surface area contributed by atoms with Crippen LogP contribution in [0.25, 0.3) is 87.3 Å². The molecule has 0 aliphatic heterocycles. The number of hydrogen-bond donors (Lipinski definition) is 8. The molecule has 8 aromatic heterocycles. The number of carbonyl (C=O) groups excluding carboxylic acids is 4. The van der Waals surface area contributed by atoms with E-state index in [1.54, 1.807) is 96.0 Å². The summed E-state index contributed by atoms with van der Waals surface area (Å²) in [5.74, 6) is -13.4. The van der Waals surface area contributed by atoms with Crippen LogP contribution in [0.15, 0.2) is 265 Å². The molecule has 0 unspecified atom stereocenters. The van der Waals surface area contributed by atoms with Gasteiger partial charge in [-0.1, -0.05) is 158 Å². The molecule has 0 bridgehead atoms. The Balaban J connectivity index is 0.000000141. The van der Waals surface area contributed by atoms with Gasteiger partial charge in [0.2, 0.25) is 23.5 Å². The van der Waals surface area contributed by atoms with E-state index in [4.69, 9.17) is 9.97 Å². The molecule has 123 heavy (non-hydrogen) atoms. The Morgan fingerprint density at radius 1 is 0.317 bits per heavy atom. The second-order valence-electron chi connectivity index (χ2n) is 26.6. The van der Waals surface area contributed by atoms with Crippen molar-refractivity contribution < 1.29 is 70.3 Å². The highest BCUT2D eigenvalue weighted by molar-refractivity contribution is 14.1. The van der Waals surface area contributed by atoms with E-state index in [1.165, 1.54) is 46.3 Å². The minimum atomic E-state index is -2.30. The lowest BCUT2D eigenvalue weighted by Gasteiger charge is -2.12. The number of anilines is 4. The Morgan fingerprint density at radius 2 is 0.618 bits per heavy atom. The standard InChI is InChI=1S/C23H14F5N3O2S.C23H17F2N3O2S.C23H18IN3O2S.C22H17N3O2S/c24-17-13(18(25)20(27)21(28)19(17)26)8-16(33)31-23-22(15-2-1-7-34-15)30-14(9-29-23)12-5-3-11(10-32)4-6-12;24-17-8-5-15(10-18(17)25)11-21(30)28-23-22(20-2-1-9-31-20)27-19(12-26-23)16-6-3-14(13-29)4-7-16;24-18-9-5-15(6-10-18)12-21(29)27-23-22(20-2-1-11-30-20)26-19(13-25-23)17-7-3-16(14-28)4-8-17;26-14-15-8-10-16(11-9-15)18-13-23-21(20(24-18)19-7-4-12-28-19)25-22(27)17-5-2-1-3-6-17/h1-7,9,32H,8,10H2,(H,29,31,33);1-10,12,29H,11,13H2,(H,26,28,30);1-11,13,28H,12,14H2,(H,25,27,29);1-13,26H,14H2,(H,23,25,27). The summed E-state index contributed by atoms with van der Waals surface area (Å²) in [5, 5.41) is 55.3. The van der Waals surface area contributed by atoms with E-state index in [-0.39, 0.29) is 68.4 Å². The van der Waals surface area contributed by atoms with Gasteiger partial charge in [0.15, 0.2) is 58.2 Å². The van der Waals surface area contributed by atoms with Gasteiger partial charge in [0.25, 0.3) is 5.91 Å². The van der Waals surface area contributed by atoms with Crippen molar-refractivity contribution in [3.8, 4) is 87.3 Å². The van der Waals surface area contributed by atoms with E-state index in [0.717, 1.165) is 69.3 Å². The second-order valence-corrected chi connectivity index (χ2v) is 31.6. The molecule has 0 saturated heterocycles. The summed E-state index contributed by atoms with van der Waals surface area (Å²) in [6.07, 6.45) is 5.25. The average molecular weight is 1840 g/mol. The summed E-state index contributed by atoms with van der Waals surface area (Å²) in [5.41, 5.74) is 11.6. The van der Waals surface area contributed by atoms with E-state index in [2.05, 4.69) is 73.8 Å². The first-order chi connectivity index (χ1) is 59.7. The number of nitrogens with zero attached hydrogens (tertiary/aromatic N) is 8. The predicted octanol–water partition coefficient (Wildman–Crippen LogP) is 19.8. The number of thiophene rings is 4. The molecule has 16 aromatic rings.